The van der Waals surface area contributed by atoms with Gasteiger partial charge in [-0.25, -0.2) is 4.98 Å². The Bertz CT molecular complexity index is 4280. The standard InChI is InChI=1S/C63H39N5O/c1-4-16-40(17-5-1)42-28-30-44(31-29-42)62-64-61(43-20-8-3-9-21-43)65-63(66-62)68-55-26-14-11-23-49(55)52-36-35-51-48-22-10-13-25-54(48)67(59(51)60(52)68)56-39-45(41-18-6-2-7-19-41)32-34-47(56)46-33-37-58-53(38-46)50-24-12-15-27-57(50)69-58/h1-39H. The first-order valence-corrected chi connectivity index (χ1v) is 23.3. The van der Waals surface area contributed by atoms with E-state index in [1.54, 1.807) is 0 Å². The molecular weight excluding hydrogens is 843 g/mol. The number of aromatic nitrogens is 5. The Morgan fingerprint density at radius 3 is 1.42 bits per heavy atom. The number of hydrogen-bond acceptors (Lipinski definition) is 4. The summed E-state index contributed by atoms with van der Waals surface area (Å²) in [5.74, 6) is 1.73. The third-order valence-electron chi connectivity index (χ3n) is 13.6. The number of nitrogens with zero attached hydrogens (tertiary/aromatic N) is 5. The fourth-order valence-corrected chi connectivity index (χ4v) is 10.4. The Morgan fingerprint density at radius 2 is 0.754 bits per heavy atom. The molecule has 0 bridgehead atoms. The summed E-state index contributed by atoms with van der Waals surface area (Å²) in [5.41, 5.74) is 15.5. The average molecular weight is 882 g/mol. The molecule has 0 N–H and O–H groups in total. The van der Waals surface area contributed by atoms with Gasteiger partial charge in [0.05, 0.1) is 27.8 Å². The quantitative estimate of drug-likeness (QED) is 0.160. The lowest BCUT2D eigenvalue weighted by atomic mass is 9.96. The molecule has 4 heterocycles. The molecule has 0 saturated carbocycles. The second kappa shape index (κ2) is 15.6. The van der Waals surface area contributed by atoms with Crippen molar-refractivity contribution in [2.24, 2.45) is 0 Å². The molecule has 14 rings (SSSR count). The van der Waals surface area contributed by atoms with E-state index in [1.807, 2.05) is 36.4 Å². The van der Waals surface area contributed by atoms with Gasteiger partial charge in [0.1, 0.15) is 11.2 Å². The predicted molar refractivity (Wildman–Crippen MR) is 283 cm³/mol. The Labute approximate surface area is 396 Å². The van der Waals surface area contributed by atoms with Crippen molar-refractivity contribution >= 4 is 65.6 Å². The van der Waals surface area contributed by atoms with Crippen LogP contribution in [0.15, 0.2) is 241 Å². The molecule has 0 spiro atoms. The van der Waals surface area contributed by atoms with E-state index in [9.17, 15) is 0 Å². The predicted octanol–water partition coefficient (Wildman–Crippen LogP) is 16.3. The van der Waals surface area contributed by atoms with Crippen molar-refractivity contribution in [3.8, 4) is 67.8 Å². The maximum atomic E-state index is 6.34. The van der Waals surface area contributed by atoms with Crippen LogP contribution in [0.3, 0.4) is 0 Å². The third-order valence-corrected chi connectivity index (χ3v) is 13.6. The molecule has 0 aliphatic carbocycles. The molecule has 4 aromatic heterocycles. The van der Waals surface area contributed by atoms with Gasteiger partial charge in [-0.2, -0.15) is 9.97 Å². The molecule has 322 valence electrons. The molecule has 10 aromatic carbocycles. The van der Waals surface area contributed by atoms with E-state index in [0.29, 0.717) is 17.6 Å². The molecule has 0 fully saturated rings. The minimum absolute atomic E-state index is 0.539. The van der Waals surface area contributed by atoms with Crippen LogP contribution in [-0.2, 0) is 0 Å². The molecular formula is C63H39N5O. The summed E-state index contributed by atoms with van der Waals surface area (Å²) in [6, 6.07) is 83.5. The maximum Gasteiger partial charge on any atom is 0.238 e. The molecule has 6 nitrogen and oxygen atoms in total. The van der Waals surface area contributed by atoms with E-state index >= 15 is 0 Å². The van der Waals surface area contributed by atoms with Crippen LogP contribution in [0.4, 0.5) is 0 Å². The Morgan fingerprint density at radius 1 is 0.290 bits per heavy atom. The van der Waals surface area contributed by atoms with Crippen molar-refractivity contribution in [1.82, 2.24) is 24.1 Å². The first-order chi connectivity index (χ1) is 34.2. The molecule has 0 saturated heterocycles. The fraction of sp³-hybridized carbons (Fsp3) is 0. The SMILES string of the molecule is c1ccc(-c2ccc(-c3nc(-c4ccccc4)nc(-n4c5ccccc5c5ccc6c7ccccc7n(-c7cc(-c8ccccc8)ccc7-c7ccc8oc9ccccc9c8c7)c6c54)n3)cc2)cc1. The monoisotopic (exact) mass is 881 g/mol. The van der Waals surface area contributed by atoms with Crippen molar-refractivity contribution in [1.29, 1.82) is 0 Å². The Hall–Kier alpha value is -9.39. The van der Waals surface area contributed by atoms with Crippen molar-refractivity contribution in [3.05, 3.63) is 237 Å². The Balaban J connectivity index is 1.09. The lowest BCUT2D eigenvalue weighted by Crippen LogP contribution is -2.07. The summed E-state index contributed by atoms with van der Waals surface area (Å²) < 4.78 is 11.1. The summed E-state index contributed by atoms with van der Waals surface area (Å²) in [6.45, 7) is 0. The van der Waals surface area contributed by atoms with Crippen molar-refractivity contribution in [3.63, 3.8) is 0 Å². The van der Waals surface area contributed by atoms with E-state index < -0.39 is 0 Å². The third kappa shape index (κ3) is 6.30. The molecule has 14 aromatic rings. The van der Waals surface area contributed by atoms with Crippen LogP contribution in [0.25, 0.3) is 133 Å². The van der Waals surface area contributed by atoms with Crippen LogP contribution in [0.2, 0.25) is 0 Å². The van der Waals surface area contributed by atoms with E-state index in [-0.39, 0.29) is 0 Å². The lowest BCUT2D eigenvalue weighted by Gasteiger charge is -2.18. The minimum atomic E-state index is 0.539. The molecule has 0 radical (unpaired) electrons. The molecule has 0 aliphatic heterocycles. The zero-order valence-corrected chi connectivity index (χ0v) is 37.2. The lowest BCUT2D eigenvalue weighted by molar-refractivity contribution is 0.669. The summed E-state index contributed by atoms with van der Waals surface area (Å²) in [6.07, 6.45) is 0. The van der Waals surface area contributed by atoms with Crippen molar-refractivity contribution < 1.29 is 4.42 Å². The maximum absolute atomic E-state index is 6.34. The van der Waals surface area contributed by atoms with Gasteiger partial charge < -0.3 is 8.98 Å². The molecule has 0 atom stereocenters. The fourth-order valence-electron chi connectivity index (χ4n) is 10.4. The topological polar surface area (TPSA) is 61.7 Å². The van der Waals surface area contributed by atoms with Crippen LogP contribution in [0.1, 0.15) is 0 Å². The van der Waals surface area contributed by atoms with Crippen molar-refractivity contribution in [2.75, 3.05) is 0 Å². The summed E-state index contributed by atoms with van der Waals surface area (Å²) in [4.78, 5) is 16.0. The van der Waals surface area contributed by atoms with Crippen molar-refractivity contribution in [2.45, 2.75) is 0 Å². The number of benzene rings is 10. The zero-order valence-electron chi connectivity index (χ0n) is 37.2. The molecule has 6 heteroatoms. The average Bonchev–Trinajstić information content (AvgIpc) is 4.09. The molecule has 0 unspecified atom stereocenters. The van der Waals surface area contributed by atoms with Crippen LogP contribution < -0.4 is 0 Å². The number of hydrogen-bond donors (Lipinski definition) is 0. The number of para-hydroxylation sites is 3. The van der Waals surface area contributed by atoms with E-state index in [4.69, 9.17) is 19.4 Å². The molecule has 0 aliphatic rings. The van der Waals surface area contributed by atoms with Gasteiger partial charge in [0.2, 0.25) is 5.95 Å². The van der Waals surface area contributed by atoms with E-state index in [2.05, 4.69) is 209 Å². The normalized spacial score (nSPS) is 11.8. The highest BCUT2D eigenvalue weighted by atomic mass is 16.3. The zero-order chi connectivity index (χ0) is 45.4. The van der Waals surface area contributed by atoms with Gasteiger partial charge in [-0.3, -0.25) is 4.57 Å². The van der Waals surface area contributed by atoms with Gasteiger partial charge in [0.15, 0.2) is 11.6 Å². The molecule has 69 heavy (non-hydrogen) atoms. The van der Waals surface area contributed by atoms with Crippen LogP contribution in [-0.4, -0.2) is 24.1 Å². The summed E-state index contributed by atoms with van der Waals surface area (Å²) in [5, 5.41) is 6.67. The minimum Gasteiger partial charge on any atom is -0.456 e. The smallest absolute Gasteiger partial charge is 0.238 e. The van der Waals surface area contributed by atoms with E-state index in [1.165, 1.54) is 0 Å². The largest absolute Gasteiger partial charge is 0.456 e. The highest BCUT2D eigenvalue weighted by molar-refractivity contribution is 6.24. The van der Waals surface area contributed by atoms with Gasteiger partial charge in [-0.15, -0.1) is 0 Å². The van der Waals surface area contributed by atoms with Crippen LogP contribution in [0, 0.1) is 0 Å². The van der Waals surface area contributed by atoms with Gasteiger partial charge >= 0.3 is 0 Å². The van der Waals surface area contributed by atoms with Crippen LogP contribution >= 0.6 is 0 Å². The molecule has 0 amide bonds. The highest BCUT2D eigenvalue weighted by Crippen LogP contribution is 2.45. The van der Waals surface area contributed by atoms with Gasteiger partial charge in [-0.05, 0) is 64.2 Å². The first-order valence-electron chi connectivity index (χ1n) is 23.3. The second-order valence-corrected chi connectivity index (χ2v) is 17.6. The summed E-state index contributed by atoms with van der Waals surface area (Å²) >= 11 is 0. The summed E-state index contributed by atoms with van der Waals surface area (Å²) in [7, 11) is 0. The highest BCUT2D eigenvalue weighted by Gasteiger charge is 2.25. The Kier molecular flexibility index (Phi) is 8.79. The van der Waals surface area contributed by atoms with Gasteiger partial charge in [-0.1, -0.05) is 200 Å². The van der Waals surface area contributed by atoms with E-state index in [0.717, 1.165) is 116 Å². The number of rotatable bonds is 7. The van der Waals surface area contributed by atoms with Gasteiger partial charge in [0, 0.05) is 49.0 Å². The number of furan rings is 1. The van der Waals surface area contributed by atoms with Gasteiger partial charge in [0.25, 0.3) is 0 Å². The number of fused-ring (bicyclic) bond motifs is 10. The van der Waals surface area contributed by atoms with Crippen LogP contribution in [0.5, 0.6) is 0 Å². The second-order valence-electron chi connectivity index (χ2n) is 17.6. The first kappa shape index (κ1) is 38.8.